The molecule has 124 valence electrons. The number of nitrogens with zero attached hydrogens (tertiary/aromatic N) is 5. The molecule has 1 aliphatic heterocycles. The molecular weight excluding hydrogens is 316 g/mol. The highest BCUT2D eigenvalue weighted by Gasteiger charge is 2.32. The molecule has 0 aliphatic carbocycles. The zero-order chi connectivity index (χ0) is 15.5. The van der Waals surface area contributed by atoms with Crippen LogP contribution in [0.5, 0.6) is 0 Å². The first-order chi connectivity index (χ1) is 10.6. The zero-order valence-electron chi connectivity index (χ0n) is 13.0. The summed E-state index contributed by atoms with van der Waals surface area (Å²) >= 11 is 0. The molecule has 1 saturated heterocycles. The first-order valence-corrected chi connectivity index (χ1v) is 7.48. The second kappa shape index (κ2) is 7.52. The molecule has 1 aromatic carbocycles. The van der Waals surface area contributed by atoms with Gasteiger partial charge in [0, 0.05) is 25.6 Å². The number of aryl methyl sites for hydroxylation is 1. The van der Waals surface area contributed by atoms with Gasteiger partial charge in [-0.15, -0.1) is 17.5 Å². The topological polar surface area (TPSA) is 89.9 Å². The molecule has 1 amide bonds. The Morgan fingerprint density at radius 3 is 2.70 bits per heavy atom. The van der Waals surface area contributed by atoms with Crippen molar-refractivity contribution in [3.05, 3.63) is 41.7 Å². The van der Waals surface area contributed by atoms with Crippen LogP contribution in [0.15, 0.2) is 30.3 Å². The van der Waals surface area contributed by atoms with Gasteiger partial charge in [-0.2, -0.15) is 0 Å². The largest absolute Gasteiger partial charge is 0.339 e. The molecule has 0 radical (unpaired) electrons. The van der Waals surface area contributed by atoms with Crippen LogP contribution in [-0.4, -0.2) is 50.1 Å². The number of nitrogens with two attached hydrogens (primary N) is 1. The van der Waals surface area contributed by atoms with Crippen LogP contribution in [0.4, 0.5) is 0 Å². The Kier molecular flexibility index (Phi) is 5.68. The molecule has 2 heterocycles. The van der Waals surface area contributed by atoms with Crippen molar-refractivity contribution in [3.8, 4) is 0 Å². The molecule has 1 unspecified atom stereocenters. The van der Waals surface area contributed by atoms with Crippen molar-refractivity contribution >= 4 is 18.3 Å². The van der Waals surface area contributed by atoms with Crippen LogP contribution in [0, 0.1) is 6.92 Å². The van der Waals surface area contributed by atoms with Crippen molar-refractivity contribution in [3.63, 3.8) is 0 Å². The van der Waals surface area contributed by atoms with E-state index in [9.17, 15) is 4.79 Å². The lowest BCUT2D eigenvalue weighted by molar-refractivity contribution is -0.134. The van der Waals surface area contributed by atoms with Crippen LogP contribution in [0.3, 0.4) is 0 Å². The summed E-state index contributed by atoms with van der Waals surface area (Å²) in [6.45, 7) is 3.11. The number of halogens is 1. The molecule has 2 aromatic rings. The lowest BCUT2D eigenvalue weighted by atomic mass is 10.0. The van der Waals surface area contributed by atoms with E-state index in [0.29, 0.717) is 25.3 Å². The second-order valence-corrected chi connectivity index (χ2v) is 5.71. The number of likely N-dealkylation sites (tertiary alicyclic amines) is 1. The molecule has 8 heteroatoms. The van der Waals surface area contributed by atoms with Crippen molar-refractivity contribution < 1.29 is 4.79 Å². The van der Waals surface area contributed by atoms with Crippen molar-refractivity contribution in [2.24, 2.45) is 5.73 Å². The van der Waals surface area contributed by atoms with E-state index in [1.165, 1.54) is 0 Å². The van der Waals surface area contributed by atoms with E-state index in [1.807, 2.05) is 35.2 Å². The fraction of sp³-hybridized carbons (Fsp3) is 0.467. The Hall–Kier alpha value is -1.99. The molecular formula is C15H21ClN6O. The molecule has 2 N–H and O–H groups in total. The Labute approximate surface area is 141 Å². The number of rotatable bonds is 4. The number of benzene rings is 1. The van der Waals surface area contributed by atoms with Crippen molar-refractivity contribution in [2.45, 2.75) is 31.8 Å². The van der Waals surface area contributed by atoms with Gasteiger partial charge in [0.25, 0.3) is 0 Å². The summed E-state index contributed by atoms with van der Waals surface area (Å²) in [6.07, 6.45) is 1.41. The van der Waals surface area contributed by atoms with E-state index < -0.39 is 6.04 Å². The van der Waals surface area contributed by atoms with E-state index in [4.69, 9.17) is 5.73 Å². The minimum absolute atomic E-state index is 0. The van der Waals surface area contributed by atoms with Crippen molar-refractivity contribution in [2.75, 3.05) is 13.1 Å². The molecule has 1 aromatic heterocycles. The predicted molar refractivity (Wildman–Crippen MR) is 88.2 cm³/mol. The number of aromatic nitrogens is 4. The summed E-state index contributed by atoms with van der Waals surface area (Å²) in [7, 11) is 0. The van der Waals surface area contributed by atoms with Gasteiger partial charge in [-0.3, -0.25) is 4.79 Å². The summed E-state index contributed by atoms with van der Waals surface area (Å²) in [4.78, 5) is 14.7. The third-order valence-corrected chi connectivity index (χ3v) is 4.05. The second-order valence-electron chi connectivity index (χ2n) is 5.71. The fourth-order valence-corrected chi connectivity index (χ4v) is 2.84. The average molecular weight is 337 g/mol. The Morgan fingerprint density at radius 1 is 1.39 bits per heavy atom. The van der Waals surface area contributed by atoms with Crippen LogP contribution in [0.2, 0.25) is 0 Å². The van der Waals surface area contributed by atoms with Crippen LogP contribution < -0.4 is 5.73 Å². The Bertz CT molecular complexity index is 646. The third-order valence-electron chi connectivity index (χ3n) is 4.05. The molecule has 7 nitrogen and oxygen atoms in total. The van der Waals surface area contributed by atoms with Crippen LogP contribution in [0.1, 0.15) is 23.9 Å². The molecule has 23 heavy (non-hydrogen) atoms. The normalized spacial score (nSPS) is 18.5. The highest BCUT2D eigenvalue weighted by atomic mass is 35.5. The number of carbonyl (C=O) groups is 1. The van der Waals surface area contributed by atoms with Gasteiger partial charge in [-0.1, -0.05) is 30.3 Å². The van der Waals surface area contributed by atoms with E-state index >= 15 is 0 Å². The molecule has 0 spiro atoms. The van der Waals surface area contributed by atoms with Crippen LogP contribution in [-0.2, 0) is 11.2 Å². The SMILES string of the molecule is Cc1nnnn1C(Cc1ccccc1)C(=O)N1CC[C@@H](N)C1.Cl. The van der Waals surface area contributed by atoms with Gasteiger partial charge in [0.2, 0.25) is 5.91 Å². The van der Waals surface area contributed by atoms with Crippen molar-refractivity contribution in [1.82, 2.24) is 25.1 Å². The van der Waals surface area contributed by atoms with Gasteiger partial charge in [0.15, 0.2) is 0 Å². The quantitative estimate of drug-likeness (QED) is 0.889. The number of tetrazole rings is 1. The van der Waals surface area contributed by atoms with E-state index in [0.717, 1.165) is 12.0 Å². The number of hydrogen-bond donors (Lipinski definition) is 1. The molecule has 3 rings (SSSR count). The van der Waals surface area contributed by atoms with E-state index in [1.54, 1.807) is 11.6 Å². The van der Waals surface area contributed by atoms with Gasteiger partial charge < -0.3 is 10.6 Å². The summed E-state index contributed by atoms with van der Waals surface area (Å²) in [5, 5.41) is 11.6. The summed E-state index contributed by atoms with van der Waals surface area (Å²) in [5.41, 5.74) is 7.01. The zero-order valence-corrected chi connectivity index (χ0v) is 13.8. The average Bonchev–Trinajstić information content (AvgIpc) is 3.14. The third kappa shape index (κ3) is 3.86. The van der Waals surface area contributed by atoms with Crippen molar-refractivity contribution in [1.29, 1.82) is 0 Å². The molecule has 2 atom stereocenters. The van der Waals surface area contributed by atoms with E-state index in [-0.39, 0.29) is 24.4 Å². The lowest BCUT2D eigenvalue weighted by Crippen LogP contribution is -2.39. The van der Waals surface area contributed by atoms with Gasteiger partial charge in [0.1, 0.15) is 11.9 Å². The number of amides is 1. The predicted octanol–water partition coefficient (Wildman–Crippen LogP) is 0.747. The van der Waals surface area contributed by atoms with Gasteiger partial charge in [-0.05, 0) is 29.3 Å². The van der Waals surface area contributed by atoms with Crippen LogP contribution in [0.25, 0.3) is 0 Å². The Balaban J connectivity index is 0.00000192. The van der Waals surface area contributed by atoms with Crippen LogP contribution >= 0.6 is 12.4 Å². The number of hydrogen-bond acceptors (Lipinski definition) is 5. The fourth-order valence-electron chi connectivity index (χ4n) is 2.84. The maximum absolute atomic E-state index is 12.9. The van der Waals surface area contributed by atoms with E-state index in [2.05, 4.69) is 15.5 Å². The first kappa shape index (κ1) is 17.4. The molecule has 0 bridgehead atoms. The summed E-state index contributed by atoms with van der Waals surface area (Å²) in [6, 6.07) is 9.55. The Morgan fingerprint density at radius 2 is 2.13 bits per heavy atom. The highest BCUT2D eigenvalue weighted by molar-refractivity contribution is 5.85. The molecule has 1 fully saturated rings. The standard InChI is InChI=1S/C15H20N6O.ClH/c1-11-17-18-19-21(11)14(9-12-5-3-2-4-6-12)15(22)20-8-7-13(16)10-20;/h2-6,13-14H,7-10,16H2,1H3;1H/t13-,14?;/m1./s1. The van der Waals surface area contributed by atoms with Gasteiger partial charge in [-0.25, -0.2) is 4.68 Å². The maximum Gasteiger partial charge on any atom is 0.247 e. The highest BCUT2D eigenvalue weighted by Crippen LogP contribution is 2.20. The number of carbonyl (C=O) groups excluding carboxylic acids is 1. The lowest BCUT2D eigenvalue weighted by Gasteiger charge is -2.23. The smallest absolute Gasteiger partial charge is 0.247 e. The van der Waals surface area contributed by atoms with Gasteiger partial charge >= 0.3 is 0 Å². The minimum Gasteiger partial charge on any atom is -0.339 e. The maximum atomic E-state index is 12.9. The minimum atomic E-state index is -0.428. The van der Waals surface area contributed by atoms with Gasteiger partial charge in [0.05, 0.1) is 0 Å². The molecule has 1 aliphatic rings. The monoisotopic (exact) mass is 336 g/mol. The summed E-state index contributed by atoms with van der Waals surface area (Å²) in [5.74, 6) is 0.671. The first-order valence-electron chi connectivity index (χ1n) is 7.48. The summed E-state index contributed by atoms with van der Waals surface area (Å²) < 4.78 is 1.61. The molecule has 0 saturated carbocycles.